The van der Waals surface area contributed by atoms with Crippen LogP contribution in [0.1, 0.15) is 12.8 Å². The Morgan fingerprint density at radius 2 is 2.14 bits per heavy atom. The van der Waals surface area contributed by atoms with Gasteiger partial charge in [-0.1, -0.05) is 11.6 Å². The normalized spacial score (nSPS) is 27.6. The van der Waals surface area contributed by atoms with Crippen LogP contribution >= 0.6 is 46.7 Å². The van der Waals surface area contributed by atoms with E-state index in [1.165, 1.54) is 29.6 Å². The zero-order valence-corrected chi connectivity index (χ0v) is 14.7. The van der Waals surface area contributed by atoms with Crippen LogP contribution in [0, 0.1) is 0 Å². The lowest BCUT2D eigenvalue weighted by Gasteiger charge is -2.25. The summed E-state index contributed by atoms with van der Waals surface area (Å²) in [5.41, 5.74) is 0.825. The fraction of sp³-hybridized carbons (Fsp3) is 0.429. The van der Waals surface area contributed by atoms with Crippen molar-refractivity contribution in [3.05, 3.63) is 32.8 Å². The third kappa shape index (κ3) is 3.52. The van der Waals surface area contributed by atoms with E-state index in [0.717, 1.165) is 16.1 Å². The van der Waals surface area contributed by atoms with Crippen molar-refractivity contribution >= 4 is 58.8 Å². The molecular formula is C14H14Cl2O3S2. The van der Waals surface area contributed by atoms with E-state index in [-0.39, 0.29) is 5.78 Å². The molecule has 0 saturated carbocycles. The van der Waals surface area contributed by atoms with Gasteiger partial charge in [-0.15, -0.1) is 35.1 Å². The third-order valence-electron chi connectivity index (χ3n) is 3.29. The quantitative estimate of drug-likeness (QED) is 0.420. The van der Waals surface area contributed by atoms with Crippen molar-refractivity contribution in [2.24, 2.45) is 0 Å². The highest BCUT2D eigenvalue weighted by molar-refractivity contribution is 8.21. The van der Waals surface area contributed by atoms with Gasteiger partial charge in [0.1, 0.15) is 10.6 Å². The van der Waals surface area contributed by atoms with Crippen LogP contribution in [0.4, 0.5) is 0 Å². The van der Waals surface area contributed by atoms with Crippen LogP contribution in [0.15, 0.2) is 32.8 Å². The summed E-state index contributed by atoms with van der Waals surface area (Å²) < 4.78 is 6.33. The predicted molar refractivity (Wildman–Crippen MR) is 89.8 cm³/mol. The van der Waals surface area contributed by atoms with E-state index < -0.39 is 11.0 Å². The number of halogens is 2. The minimum atomic E-state index is -1.20. The van der Waals surface area contributed by atoms with Crippen LogP contribution in [0.5, 0.6) is 0 Å². The largest absolute Gasteiger partial charge is 0.481 e. The predicted octanol–water partition coefficient (Wildman–Crippen LogP) is 3.87. The van der Waals surface area contributed by atoms with Crippen molar-refractivity contribution in [1.82, 2.24) is 0 Å². The summed E-state index contributed by atoms with van der Waals surface area (Å²) in [6.45, 7) is 0. The molecule has 0 aromatic rings. The molecule has 0 fully saturated rings. The molecule has 0 saturated heterocycles. The fourth-order valence-electron chi connectivity index (χ4n) is 2.28. The maximum absolute atomic E-state index is 12.5. The molecular weight excluding hydrogens is 351 g/mol. The number of alkyl halides is 1. The van der Waals surface area contributed by atoms with Crippen molar-refractivity contribution in [2.75, 3.05) is 12.5 Å². The average Bonchev–Trinajstić information content (AvgIpc) is 2.87. The minimum Gasteiger partial charge on any atom is -0.481 e. The van der Waals surface area contributed by atoms with Crippen LogP contribution in [0.25, 0.3) is 0 Å². The van der Waals surface area contributed by atoms with E-state index in [4.69, 9.17) is 27.9 Å². The highest BCUT2D eigenvalue weighted by Crippen LogP contribution is 2.44. The van der Waals surface area contributed by atoms with E-state index in [0.29, 0.717) is 23.6 Å². The van der Waals surface area contributed by atoms with Gasteiger partial charge in [-0.2, -0.15) is 0 Å². The molecule has 0 N–H and O–H groups in total. The highest BCUT2D eigenvalue weighted by atomic mass is 35.5. The van der Waals surface area contributed by atoms with Gasteiger partial charge in [-0.05, 0) is 24.2 Å². The van der Waals surface area contributed by atoms with Gasteiger partial charge in [-0.25, -0.2) is 0 Å². The van der Waals surface area contributed by atoms with Crippen LogP contribution in [-0.4, -0.2) is 35.6 Å². The summed E-state index contributed by atoms with van der Waals surface area (Å²) in [6.07, 6.45) is 7.82. The monoisotopic (exact) mass is 364 g/mol. The topological polar surface area (TPSA) is 43.4 Å². The molecule has 114 valence electrons. The van der Waals surface area contributed by atoms with Crippen molar-refractivity contribution in [3.63, 3.8) is 0 Å². The molecule has 0 radical (unpaired) electrons. The first-order valence-corrected chi connectivity index (χ1v) is 9.39. The maximum atomic E-state index is 12.5. The maximum Gasteiger partial charge on any atom is 0.182 e. The van der Waals surface area contributed by atoms with Crippen LogP contribution in [-0.2, 0) is 14.3 Å². The standard InChI is InChI=1S/C14H14Cl2O3S2/c1-20-12(21-2)4-11(18)14(16)5-8-3-9(7-17)19-13(8)10(15)6-14/h4,6-7,9H,3,5H2,1-2H3. The van der Waals surface area contributed by atoms with E-state index in [9.17, 15) is 9.59 Å². The van der Waals surface area contributed by atoms with Crippen LogP contribution in [0.2, 0.25) is 0 Å². The SMILES string of the molecule is CSC(=CC(=O)C1(Cl)C=C(Cl)C2=C(CC(C=O)O2)C1)SC. The molecule has 2 rings (SSSR count). The lowest BCUT2D eigenvalue weighted by Crippen LogP contribution is -2.32. The molecule has 2 atom stereocenters. The lowest BCUT2D eigenvalue weighted by molar-refractivity contribution is -0.116. The summed E-state index contributed by atoms with van der Waals surface area (Å²) in [6, 6.07) is 0. The Morgan fingerprint density at radius 3 is 2.71 bits per heavy atom. The molecule has 2 aliphatic rings. The van der Waals surface area contributed by atoms with Gasteiger partial charge in [0.15, 0.2) is 18.2 Å². The Balaban J connectivity index is 2.25. The number of thioether (sulfide) groups is 2. The molecule has 0 aromatic heterocycles. The van der Waals surface area contributed by atoms with Crippen molar-refractivity contribution < 1.29 is 14.3 Å². The number of ether oxygens (including phenoxy) is 1. The van der Waals surface area contributed by atoms with Gasteiger partial charge in [0, 0.05) is 23.2 Å². The van der Waals surface area contributed by atoms with Gasteiger partial charge >= 0.3 is 0 Å². The molecule has 21 heavy (non-hydrogen) atoms. The smallest absolute Gasteiger partial charge is 0.182 e. The number of allylic oxidation sites excluding steroid dienone is 3. The van der Waals surface area contributed by atoms with Gasteiger partial charge in [0.25, 0.3) is 0 Å². The fourth-order valence-corrected chi connectivity index (χ4v) is 4.14. The Hall–Kier alpha value is -0.360. The molecule has 0 spiro atoms. The first kappa shape index (κ1) is 17.0. The van der Waals surface area contributed by atoms with Gasteiger partial charge in [0.2, 0.25) is 0 Å². The highest BCUT2D eigenvalue weighted by Gasteiger charge is 2.42. The van der Waals surface area contributed by atoms with Crippen LogP contribution in [0.3, 0.4) is 0 Å². The first-order valence-electron chi connectivity index (χ1n) is 6.19. The summed E-state index contributed by atoms with van der Waals surface area (Å²) >= 11 is 15.6. The molecule has 3 nitrogen and oxygen atoms in total. The molecule has 0 amide bonds. The lowest BCUT2D eigenvalue weighted by atomic mass is 9.88. The number of hydrogen-bond acceptors (Lipinski definition) is 5. The zero-order chi connectivity index (χ0) is 15.6. The average molecular weight is 365 g/mol. The summed E-state index contributed by atoms with van der Waals surface area (Å²) in [5, 5.41) is 0.298. The second kappa shape index (κ2) is 6.82. The van der Waals surface area contributed by atoms with E-state index in [1.807, 2.05) is 12.5 Å². The summed E-state index contributed by atoms with van der Waals surface area (Å²) in [4.78, 5) is 22.1. The van der Waals surface area contributed by atoms with Crippen LogP contribution < -0.4 is 0 Å². The number of carbonyl (C=O) groups excluding carboxylic acids is 2. The third-order valence-corrected chi connectivity index (χ3v) is 6.04. The Bertz CT molecular complexity index is 563. The number of carbonyl (C=O) groups is 2. The number of ketones is 1. The van der Waals surface area contributed by atoms with E-state index >= 15 is 0 Å². The first-order chi connectivity index (χ1) is 9.93. The van der Waals surface area contributed by atoms with Crippen molar-refractivity contribution in [3.8, 4) is 0 Å². The van der Waals surface area contributed by atoms with Crippen molar-refractivity contribution in [2.45, 2.75) is 23.8 Å². The van der Waals surface area contributed by atoms with Gasteiger partial charge in [0.05, 0.1) is 5.03 Å². The van der Waals surface area contributed by atoms with E-state index in [1.54, 1.807) is 6.08 Å². The molecule has 0 bridgehead atoms. The number of rotatable bonds is 5. The second-order valence-corrected chi connectivity index (χ2v) is 7.73. The van der Waals surface area contributed by atoms with Gasteiger partial charge in [-0.3, -0.25) is 9.59 Å². The van der Waals surface area contributed by atoms with E-state index in [2.05, 4.69) is 0 Å². The summed E-state index contributed by atoms with van der Waals surface area (Å²) in [7, 11) is 0. The molecule has 1 heterocycles. The molecule has 2 unspecified atom stereocenters. The minimum absolute atomic E-state index is 0.206. The molecule has 1 aliphatic heterocycles. The number of aldehydes is 1. The van der Waals surface area contributed by atoms with Gasteiger partial charge < -0.3 is 4.74 Å². The number of hydrogen-bond donors (Lipinski definition) is 0. The molecule has 7 heteroatoms. The summed E-state index contributed by atoms with van der Waals surface area (Å²) in [5.74, 6) is 0.291. The molecule has 0 aromatic carbocycles. The van der Waals surface area contributed by atoms with Crippen molar-refractivity contribution in [1.29, 1.82) is 0 Å². The Kier molecular flexibility index (Phi) is 5.52. The Morgan fingerprint density at radius 1 is 1.48 bits per heavy atom. The Labute approximate surface area is 142 Å². The zero-order valence-electron chi connectivity index (χ0n) is 11.5. The molecule has 1 aliphatic carbocycles. The second-order valence-electron chi connectivity index (χ2n) is 4.70.